The summed E-state index contributed by atoms with van der Waals surface area (Å²) in [6, 6.07) is 14.6. The zero-order valence-corrected chi connectivity index (χ0v) is 20.5. The average Bonchev–Trinajstić information content (AvgIpc) is 3.53. The van der Waals surface area contributed by atoms with E-state index < -0.39 is 24.1 Å². The molecule has 0 radical (unpaired) electrons. The molecule has 5 rings (SSSR count). The Balaban J connectivity index is 1.28. The molecule has 184 valence electrons. The van der Waals surface area contributed by atoms with Gasteiger partial charge in [-0.05, 0) is 47.4 Å². The van der Waals surface area contributed by atoms with Crippen molar-refractivity contribution < 1.29 is 24.2 Å². The number of alkyl carbamates (subject to hydrolysis) is 1. The Kier molecular flexibility index (Phi) is 6.73. The van der Waals surface area contributed by atoms with Crippen LogP contribution in [0.1, 0.15) is 49.7 Å². The minimum atomic E-state index is -1.000. The van der Waals surface area contributed by atoms with Crippen molar-refractivity contribution in [1.82, 2.24) is 10.2 Å². The monoisotopic (exact) mass is 494 g/mol. The van der Waals surface area contributed by atoms with Gasteiger partial charge in [0.1, 0.15) is 18.7 Å². The molecule has 3 atom stereocenters. The second-order valence-electron chi connectivity index (χ2n) is 9.46. The molecular formula is C27H30N2O5S. The molecule has 1 saturated carbocycles. The summed E-state index contributed by atoms with van der Waals surface area (Å²) in [5, 5.41) is 12.3. The van der Waals surface area contributed by atoms with Crippen LogP contribution in [0.2, 0.25) is 0 Å². The summed E-state index contributed by atoms with van der Waals surface area (Å²) < 4.78 is 5.67. The van der Waals surface area contributed by atoms with Crippen LogP contribution in [0, 0.1) is 5.92 Å². The van der Waals surface area contributed by atoms with Crippen LogP contribution >= 0.6 is 11.8 Å². The number of hydrogen-bond donors (Lipinski definition) is 2. The van der Waals surface area contributed by atoms with Gasteiger partial charge in [0.2, 0.25) is 5.91 Å². The lowest BCUT2D eigenvalue weighted by Gasteiger charge is -2.31. The van der Waals surface area contributed by atoms with E-state index in [4.69, 9.17) is 4.74 Å². The second-order valence-corrected chi connectivity index (χ2v) is 10.7. The predicted molar refractivity (Wildman–Crippen MR) is 134 cm³/mol. The number of rotatable bonds is 8. The lowest BCUT2D eigenvalue weighted by molar-refractivity contribution is -0.150. The molecule has 2 aromatic carbocycles. The molecule has 2 fully saturated rings. The maximum Gasteiger partial charge on any atom is 0.407 e. The Hall–Kier alpha value is -3.00. The fraction of sp³-hybridized carbons (Fsp3) is 0.444. The van der Waals surface area contributed by atoms with E-state index in [0.29, 0.717) is 5.75 Å². The summed E-state index contributed by atoms with van der Waals surface area (Å²) in [6.45, 7) is 2.19. The molecule has 2 amide bonds. The number of aliphatic carboxylic acids is 1. The Morgan fingerprint density at radius 1 is 1.09 bits per heavy atom. The van der Waals surface area contributed by atoms with Gasteiger partial charge in [-0.2, -0.15) is 0 Å². The maximum absolute atomic E-state index is 13.5. The van der Waals surface area contributed by atoms with Crippen molar-refractivity contribution in [2.75, 3.05) is 12.4 Å². The zero-order valence-electron chi connectivity index (χ0n) is 19.7. The van der Waals surface area contributed by atoms with E-state index in [0.717, 1.165) is 47.9 Å². The number of amides is 2. The SMILES string of the molecule is CCCC1SCC(C(=O)O)N1C(=O)C(NC(=O)OCC1c2ccccc2-c2ccccc21)C1CC1. The number of carbonyl (C=O) groups is 3. The molecule has 2 aromatic rings. The largest absolute Gasteiger partial charge is 0.480 e. The zero-order chi connectivity index (χ0) is 24.5. The van der Waals surface area contributed by atoms with E-state index in [9.17, 15) is 19.5 Å². The molecule has 2 N–H and O–H groups in total. The summed E-state index contributed by atoms with van der Waals surface area (Å²) >= 11 is 1.50. The highest BCUT2D eigenvalue weighted by Gasteiger charge is 2.47. The van der Waals surface area contributed by atoms with Crippen molar-refractivity contribution in [3.63, 3.8) is 0 Å². The normalized spacial score (nSPS) is 21.8. The van der Waals surface area contributed by atoms with Crippen molar-refractivity contribution >= 4 is 29.7 Å². The third-order valence-electron chi connectivity index (χ3n) is 7.14. The van der Waals surface area contributed by atoms with Gasteiger partial charge in [-0.3, -0.25) is 4.79 Å². The number of carboxylic acid groups (broad SMARTS) is 1. The third-order valence-corrected chi connectivity index (χ3v) is 8.50. The Bertz CT molecular complexity index is 1090. The second kappa shape index (κ2) is 9.93. The number of ether oxygens (including phenoxy) is 1. The van der Waals surface area contributed by atoms with Crippen LogP contribution in [0.5, 0.6) is 0 Å². The Morgan fingerprint density at radius 2 is 1.71 bits per heavy atom. The number of carboxylic acids is 1. The molecule has 3 aliphatic rings. The van der Waals surface area contributed by atoms with Crippen LogP contribution < -0.4 is 5.32 Å². The number of nitrogens with zero attached hydrogens (tertiary/aromatic N) is 1. The highest BCUT2D eigenvalue weighted by Crippen LogP contribution is 2.44. The smallest absolute Gasteiger partial charge is 0.407 e. The Morgan fingerprint density at radius 3 is 2.29 bits per heavy atom. The third kappa shape index (κ3) is 4.63. The number of carbonyl (C=O) groups excluding carboxylic acids is 2. The number of hydrogen-bond acceptors (Lipinski definition) is 5. The molecule has 7 nitrogen and oxygen atoms in total. The van der Waals surface area contributed by atoms with Crippen molar-refractivity contribution in [2.24, 2.45) is 5.92 Å². The van der Waals surface area contributed by atoms with Gasteiger partial charge in [0.15, 0.2) is 0 Å². The van der Waals surface area contributed by atoms with Gasteiger partial charge < -0.3 is 20.1 Å². The first kappa shape index (κ1) is 23.7. The molecule has 35 heavy (non-hydrogen) atoms. The molecular weight excluding hydrogens is 464 g/mol. The highest BCUT2D eigenvalue weighted by atomic mass is 32.2. The number of nitrogens with one attached hydrogen (secondary N) is 1. The van der Waals surface area contributed by atoms with Crippen LogP contribution in [0.25, 0.3) is 11.1 Å². The van der Waals surface area contributed by atoms with E-state index in [2.05, 4.69) is 29.6 Å². The fourth-order valence-electron chi connectivity index (χ4n) is 5.26. The first-order valence-corrected chi connectivity index (χ1v) is 13.3. The number of thioether (sulfide) groups is 1. The molecule has 0 spiro atoms. The maximum atomic E-state index is 13.5. The van der Waals surface area contributed by atoms with Gasteiger partial charge in [-0.15, -0.1) is 11.8 Å². The molecule has 1 aliphatic heterocycles. The van der Waals surface area contributed by atoms with Gasteiger partial charge in [0.25, 0.3) is 0 Å². The van der Waals surface area contributed by atoms with Crippen molar-refractivity contribution in [3.8, 4) is 11.1 Å². The molecule has 0 bridgehead atoms. The number of fused-ring (bicyclic) bond motifs is 3. The number of benzene rings is 2. The minimum Gasteiger partial charge on any atom is -0.480 e. The topological polar surface area (TPSA) is 95.9 Å². The van der Waals surface area contributed by atoms with E-state index in [1.807, 2.05) is 31.2 Å². The van der Waals surface area contributed by atoms with Gasteiger partial charge in [0.05, 0.1) is 5.37 Å². The van der Waals surface area contributed by atoms with E-state index in [1.165, 1.54) is 16.7 Å². The Labute approximate surface area is 209 Å². The van der Waals surface area contributed by atoms with Crippen molar-refractivity contribution in [1.29, 1.82) is 0 Å². The summed E-state index contributed by atoms with van der Waals surface area (Å²) in [5.41, 5.74) is 4.54. The minimum absolute atomic E-state index is 0.0188. The van der Waals surface area contributed by atoms with Crippen LogP contribution in [-0.4, -0.2) is 57.8 Å². The van der Waals surface area contributed by atoms with E-state index >= 15 is 0 Å². The molecule has 3 unspecified atom stereocenters. The molecule has 0 aromatic heterocycles. The van der Waals surface area contributed by atoms with Crippen molar-refractivity contribution in [3.05, 3.63) is 59.7 Å². The van der Waals surface area contributed by atoms with Crippen LogP contribution in [-0.2, 0) is 14.3 Å². The molecule has 8 heteroatoms. The van der Waals surface area contributed by atoms with Crippen molar-refractivity contribution in [2.45, 2.75) is 56.0 Å². The lowest BCUT2D eigenvalue weighted by Crippen LogP contribution is -2.55. The summed E-state index contributed by atoms with van der Waals surface area (Å²) in [6.07, 6.45) is 2.60. The van der Waals surface area contributed by atoms with Gasteiger partial charge in [-0.1, -0.05) is 61.9 Å². The summed E-state index contributed by atoms with van der Waals surface area (Å²) in [5.74, 6) is -0.987. The molecule has 1 heterocycles. The average molecular weight is 495 g/mol. The quantitative estimate of drug-likeness (QED) is 0.563. The standard InChI is InChI=1S/C27H30N2O5S/c1-2-7-23-29(22(15-35-23)26(31)32)25(30)24(16-12-13-16)28-27(33)34-14-21-19-10-5-3-8-17(19)18-9-4-6-11-20(18)21/h3-6,8-11,16,21-24H,2,7,12-15H2,1H3,(H,28,33)(H,31,32). The summed E-state index contributed by atoms with van der Waals surface area (Å²) in [4.78, 5) is 39.7. The van der Waals surface area contributed by atoms with E-state index in [-0.39, 0.29) is 29.7 Å². The predicted octanol–water partition coefficient (Wildman–Crippen LogP) is 4.46. The first-order chi connectivity index (χ1) is 17.0. The fourth-order valence-corrected chi connectivity index (χ4v) is 6.78. The van der Waals surface area contributed by atoms with Crippen LogP contribution in [0.4, 0.5) is 4.79 Å². The lowest BCUT2D eigenvalue weighted by atomic mass is 9.98. The van der Waals surface area contributed by atoms with Gasteiger partial charge in [0, 0.05) is 11.7 Å². The molecule has 2 aliphatic carbocycles. The first-order valence-electron chi connectivity index (χ1n) is 12.3. The highest BCUT2D eigenvalue weighted by molar-refractivity contribution is 8.00. The van der Waals surface area contributed by atoms with Crippen LogP contribution in [0.3, 0.4) is 0 Å². The van der Waals surface area contributed by atoms with Crippen LogP contribution in [0.15, 0.2) is 48.5 Å². The van der Waals surface area contributed by atoms with Gasteiger partial charge >= 0.3 is 12.1 Å². The molecule has 1 saturated heterocycles. The van der Waals surface area contributed by atoms with E-state index in [1.54, 1.807) is 0 Å². The summed E-state index contributed by atoms with van der Waals surface area (Å²) in [7, 11) is 0. The van der Waals surface area contributed by atoms with Gasteiger partial charge in [-0.25, -0.2) is 9.59 Å².